The third-order valence-corrected chi connectivity index (χ3v) is 4.30. The van der Waals surface area contributed by atoms with Gasteiger partial charge in [-0.05, 0) is 41.7 Å². The Morgan fingerprint density at radius 3 is 2.24 bits per heavy atom. The number of hydrogen-bond donors (Lipinski definition) is 3. The van der Waals surface area contributed by atoms with Crippen LogP contribution >= 0.6 is 0 Å². The molecular weight excluding hydrogens is 310 g/mol. The molecule has 0 bridgehead atoms. The number of phenols is 1. The molecule has 0 saturated heterocycles. The van der Waals surface area contributed by atoms with Crippen molar-refractivity contribution < 1.29 is 10.2 Å². The Balaban J connectivity index is 0.000000157. The molecule has 25 heavy (non-hydrogen) atoms. The molecule has 1 aliphatic heterocycles. The molecule has 0 amide bonds. The number of phenolic OH excluding ortho intramolecular Hbond substituents is 1. The number of hydrogen-bond acceptors (Lipinski definition) is 3. The van der Waals surface area contributed by atoms with E-state index in [2.05, 4.69) is 17.4 Å². The van der Waals surface area contributed by atoms with Gasteiger partial charge in [-0.1, -0.05) is 60.7 Å². The topological polar surface area (TPSA) is 52.5 Å². The lowest BCUT2D eigenvalue weighted by Gasteiger charge is -2.06. The molecule has 0 radical (unpaired) electrons. The van der Waals surface area contributed by atoms with Crippen LogP contribution in [0.15, 0.2) is 72.8 Å². The third kappa shape index (κ3) is 4.40. The number of aromatic hydroxyl groups is 1. The molecule has 0 spiro atoms. The summed E-state index contributed by atoms with van der Waals surface area (Å²) in [4.78, 5) is 0. The summed E-state index contributed by atoms with van der Waals surface area (Å²) in [6, 6.07) is 23.7. The molecule has 0 aliphatic carbocycles. The molecule has 0 saturated carbocycles. The van der Waals surface area contributed by atoms with E-state index in [4.69, 9.17) is 5.11 Å². The summed E-state index contributed by atoms with van der Waals surface area (Å²) < 4.78 is 0. The first-order valence-corrected chi connectivity index (χ1v) is 8.53. The van der Waals surface area contributed by atoms with Gasteiger partial charge in [-0.15, -0.1) is 0 Å². The van der Waals surface area contributed by atoms with E-state index in [1.54, 1.807) is 19.1 Å². The van der Waals surface area contributed by atoms with Crippen molar-refractivity contribution >= 4 is 5.69 Å². The van der Waals surface area contributed by atoms with Gasteiger partial charge in [-0.25, -0.2) is 0 Å². The van der Waals surface area contributed by atoms with E-state index >= 15 is 0 Å². The smallest absolute Gasteiger partial charge is 0.117 e. The minimum Gasteiger partial charge on any atom is -0.508 e. The van der Waals surface area contributed by atoms with Crippen LogP contribution in [0.5, 0.6) is 5.75 Å². The zero-order valence-electron chi connectivity index (χ0n) is 14.3. The monoisotopic (exact) mass is 333 g/mol. The number of aliphatic hydroxyl groups is 1. The second-order valence-electron chi connectivity index (χ2n) is 6.18. The minimum absolute atomic E-state index is 0.341. The lowest BCUT2D eigenvalue weighted by Crippen LogP contribution is -1.90. The summed E-state index contributed by atoms with van der Waals surface area (Å²) in [6.07, 6.45) is 0.685. The summed E-state index contributed by atoms with van der Waals surface area (Å²) in [7, 11) is 0. The average molecular weight is 333 g/mol. The van der Waals surface area contributed by atoms with Gasteiger partial charge >= 0.3 is 0 Å². The lowest BCUT2D eigenvalue weighted by atomic mass is 10.0. The number of anilines is 1. The van der Waals surface area contributed by atoms with E-state index in [1.165, 1.54) is 16.7 Å². The first-order valence-electron chi connectivity index (χ1n) is 8.53. The standard InChI is InChI=1S/C14H14O.C8H9NO/c1-11(15)12-7-9-14(10-8-12)13-5-3-2-4-6-13;10-7-2-1-6-3-4-9-8(6)5-7/h2-11,15H,1H3;1-2,5,9-10H,3-4H2. The van der Waals surface area contributed by atoms with Crippen molar-refractivity contribution in [3.63, 3.8) is 0 Å². The van der Waals surface area contributed by atoms with E-state index in [1.807, 2.05) is 48.5 Å². The number of nitrogens with one attached hydrogen (secondary N) is 1. The number of rotatable bonds is 2. The SMILES string of the molecule is CC(O)c1ccc(-c2ccccc2)cc1.Oc1ccc2c(c1)NCC2. The first-order chi connectivity index (χ1) is 12.1. The Bertz CT molecular complexity index is 811. The van der Waals surface area contributed by atoms with Crippen LogP contribution in [0.25, 0.3) is 11.1 Å². The van der Waals surface area contributed by atoms with Gasteiger partial charge in [0.1, 0.15) is 5.75 Å². The lowest BCUT2D eigenvalue weighted by molar-refractivity contribution is 0.199. The van der Waals surface area contributed by atoms with Crippen molar-refractivity contribution in [1.82, 2.24) is 0 Å². The highest BCUT2D eigenvalue weighted by Crippen LogP contribution is 2.25. The highest BCUT2D eigenvalue weighted by atomic mass is 16.3. The van der Waals surface area contributed by atoms with E-state index in [0.717, 1.165) is 24.2 Å². The molecule has 1 aliphatic rings. The maximum absolute atomic E-state index is 9.39. The summed E-state index contributed by atoms with van der Waals surface area (Å²) in [5, 5.41) is 21.6. The normalized spacial score (nSPS) is 13.2. The second kappa shape index (κ2) is 7.86. The van der Waals surface area contributed by atoms with Gasteiger partial charge in [0, 0.05) is 18.3 Å². The zero-order chi connectivity index (χ0) is 17.6. The zero-order valence-corrected chi connectivity index (χ0v) is 14.3. The van der Waals surface area contributed by atoms with Gasteiger partial charge in [0.05, 0.1) is 6.10 Å². The molecule has 3 N–H and O–H groups in total. The molecule has 1 unspecified atom stereocenters. The van der Waals surface area contributed by atoms with Crippen molar-refractivity contribution in [2.45, 2.75) is 19.4 Å². The number of fused-ring (bicyclic) bond motifs is 1. The van der Waals surface area contributed by atoms with E-state index < -0.39 is 6.10 Å². The summed E-state index contributed by atoms with van der Waals surface area (Å²) in [5.74, 6) is 0.341. The largest absolute Gasteiger partial charge is 0.508 e. The van der Waals surface area contributed by atoms with Crippen molar-refractivity contribution in [2.75, 3.05) is 11.9 Å². The second-order valence-corrected chi connectivity index (χ2v) is 6.18. The van der Waals surface area contributed by atoms with Crippen molar-refractivity contribution in [1.29, 1.82) is 0 Å². The van der Waals surface area contributed by atoms with Gasteiger partial charge in [0.2, 0.25) is 0 Å². The number of aliphatic hydroxyl groups excluding tert-OH is 1. The van der Waals surface area contributed by atoms with Crippen LogP contribution in [0.3, 0.4) is 0 Å². The molecule has 3 nitrogen and oxygen atoms in total. The molecule has 0 aromatic heterocycles. The van der Waals surface area contributed by atoms with E-state index in [0.29, 0.717) is 5.75 Å². The molecule has 0 fully saturated rings. The Hall–Kier alpha value is -2.78. The average Bonchev–Trinajstić information content (AvgIpc) is 3.11. The van der Waals surface area contributed by atoms with Gasteiger partial charge in [-0.3, -0.25) is 0 Å². The highest BCUT2D eigenvalue weighted by Gasteiger charge is 2.08. The highest BCUT2D eigenvalue weighted by molar-refractivity contribution is 5.63. The molecular formula is C22H23NO2. The Morgan fingerprint density at radius 1 is 0.880 bits per heavy atom. The van der Waals surface area contributed by atoms with Crippen LogP contribution < -0.4 is 5.32 Å². The van der Waals surface area contributed by atoms with Crippen LogP contribution in [0.2, 0.25) is 0 Å². The fourth-order valence-corrected chi connectivity index (χ4v) is 2.86. The molecule has 4 rings (SSSR count). The maximum atomic E-state index is 9.39. The van der Waals surface area contributed by atoms with Gasteiger partial charge in [0.25, 0.3) is 0 Å². The van der Waals surface area contributed by atoms with Crippen LogP contribution in [0.4, 0.5) is 5.69 Å². The van der Waals surface area contributed by atoms with Crippen LogP contribution in [0.1, 0.15) is 24.2 Å². The van der Waals surface area contributed by atoms with E-state index in [9.17, 15) is 5.11 Å². The van der Waals surface area contributed by atoms with Crippen LogP contribution in [0, 0.1) is 0 Å². The van der Waals surface area contributed by atoms with Crippen LogP contribution in [-0.4, -0.2) is 16.8 Å². The predicted molar refractivity (Wildman–Crippen MR) is 103 cm³/mol. The summed E-state index contributed by atoms with van der Waals surface area (Å²) >= 11 is 0. The third-order valence-electron chi connectivity index (χ3n) is 4.30. The minimum atomic E-state index is -0.394. The molecule has 3 aromatic rings. The Morgan fingerprint density at radius 2 is 1.56 bits per heavy atom. The Labute approximate surface area is 148 Å². The van der Waals surface area contributed by atoms with Gasteiger partial charge < -0.3 is 15.5 Å². The molecule has 3 heteroatoms. The molecule has 3 aromatic carbocycles. The van der Waals surface area contributed by atoms with Crippen LogP contribution in [-0.2, 0) is 6.42 Å². The van der Waals surface area contributed by atoms with Gasteiger partial charge in [-0.2, -0.15) is 0 Å². The Kier molecular flexibility index (Phi) is 5.36. The molecule has 128 valence electrons. The first kappa shape index (κ1) is 17.1. The van der Waals surface area contributed by atoms with E-state index in [-0.39, 0.29) is 0 Å². The fourth-order valence-electron chi connectivity index (χ4n) is 2.86. The van der Waals surface area contributed by atoms with Gasteiger partial charge in [0.15, 0.2) is 0 Å². The van der Waals surface area contributed by atoms with Crippen molar-refractivity contribution in [3.8, 4) is 16.9 Å². The molecule has 1 heterocycles. The van der Waals surface area contributed by atoms with Crippen molar-refractivity contribution in [2.24, 2.45) is 0 Å². The van der Waals surface area contributed by atoms with Crippen molar-refractivity contribution in [3.05, 3.63) is 83.9 Å². The molecule has 1 atom stereocenters. The quantitative estimate of drug-likeness (QED) is 0.633. The summed E-state index contributed by atoms with van der Waals surface area (Å²) in [6.45, 7) is 2.77. The predicted octanol–water partition coefficient (Wildman–Crippen LogP) is 4.77. The summed E-state index contributed by atoms with van der Waals surface area (Å²) in [5.41, 5.74) is 5.72. The number of benzene rings is 3. The fraction of sp³-hybridized carbons (Fsp3) is 0.182. The maximum Gasteiger partial charge on any atom is 0.117 e.